The fourth-order valence-electron chi connectivity index (χ4n) is 2.95. The number of carbonyl (C=O) groups is 2. The maximum absolute atomic E-state index is 12.8. The molecule has 1 amide bonds. The summed E-state index contributed by atoms with van der Waals surface area (Å²) in [6, 6.07) is 16.7. The average Bonchev–Trinajstić information content (AvgIpc) is 2.74. The van der Waals surface area contributed by atoms with Gasteiger partial charge < -0.3 is 10.1 Å². The third-order valence-corrected chi connectivity index (χ3v) is 4.47. The van der Waals surface area contributed by atoms with Crippen LogP contribution in [0.2, 0.25) is 0 Å². The maximum Gasteiger partial charge on any atom is 0.308 e. The second-order valence-corrected chi connectivity index (χ2v) is 7.34. The van der Waals surface area contributed by atoms with Crippen molar-refractivity contribution in [1.29, 1.82) is 0 Å². The van der Waals surface area contributed by atoms with E-state index in [0.29, 0.717) is 11.4 Å². The van der Waals surface area contributed by atoms with E-state index in [1.807, 2.05) is 61.5 Å². The molecule has 6 nitrogen and oxygen atoms in total. The number of carbonyl (C=O) groups excluding carboxylic acids is 2. The number of amides is 1. The van der Waals surface area contributed by atoms with Crippen LogP contribution in [0.4, 0.5) is 0 Å². The van der Waals surface area contributed by atoms with Crippen molar-refractivity contribution in [3.63, 3.8) is 0 Å². The summed E-state index contributed by atoms with van der Waals surface area (Å²) in [5.74, 6) is -0.174. The lowest BCUT2D eigenvalue weighted by atomic mass is 10.0. The number of ether oxygens (including phenoxy) is 1. The first-order valence-electron chi connectivity index (χ1n) is 9.86. The summed E-state index contributed by atoms with van der Waals surface area (Å²) in [6.45, 7) is 5.57. The quantitative estimate of drug-likeness (QED) is 0.596. The van der Waals surface area contributed by atoms with Gasteiger partial charge in [0.1, 0.15) is 0 Å². The Kier molecular flexibility index (Phi) is 6.91. The van der Waals surface area contributed by atoms with E-state index in [-0.39, 0.29) is 24.4 Å². The molecule has 154 valence electrons. The largest absolute Gasteiger partial charge is 0.463 e. The number of aryl methyl sites for hydroxylation is 1. The molecule has 0 bridgehead atoms. The van der Waals surface area contributed by atoms with Crippen LogP contribution >= 0.6 is 0 Å². The van der Waals surface area contributed by atoms with Crippen LogP contribution in [-0.2, 0) is 9.53 Å². The molecule has 30 heavy (non-hydrogen) atoms. The van der Waals surface area contributed by atoms with Crippen molar-refractivity contribution < 1.29 is 14.3 Å². The van der Waals surface area contributed by atoms with Crippen LogP contribution in [0, 0.1) is 6.92 Å². The third kappa shape index (κ3) is 5.73. The summed E-state index contributed by atoms with van der Waals surface area (Å²) >= 11 is 0. The number of benzene rings is 2. The zero-order chi connectivity index (χ0) is 21.5. The monoisotopic (exact) mass is 403 g/mol. The Balaban J connectivity index is 1.76. The molecule has 1 heterocycles. The normalized spacial score (nSPS) is 11.7. The maximum atomic E-state index is 12.8. The molecule has 0 radical (unpaired) electrons. The van der Waals surface area contributed by atoms with Crippen molar-refractivity contribution in [2.24, 2.45) is 0 Å². The molecule has 0 aliphatic carbocycles. The van der Waals surface area contributed by atoms with Crippen LogP contribution in [-0.4, -0.2) is 27.9 Å². The highest BCUT2D eigenvalue weighted by molar-refractivity contribution is 5.94. The summed E-state index contributed by atoms with van der Waals surface area (Å²) < 4.78 is 5.26. The Morgan fingerprint density at radius 3 is 2.20 bits per heavy atom. The van der Waals surface area contributed by atoms with E-state index in [1.165, 1.54) is 12.4 Å². The molecule has 0 fully saturated rings. The molecule has 2 aromatic carbocycles. The van der Waals surface area contributed by atoms with Crippen molar-refractivity contribution >= 4 is 11.9 Å². The lowest BCUT2D eigenvalue weighted by molar-refractivity contribution is -0.147. The molecule has 0 aliphatic rings. The highest BCUT2D eigenvalue weighted by Crippen LogP contribution is 2.20. The molecule has 0 saturated carbocycles. The minimum Gasteiger partial charge on any atom is -0.463 e. The summed E-state index contributed by atoms with van der Waals surface area (Å²) in [5, 5.41) is 2.91. The molecule has 3 rings (SSSR count). The molecule has 1 atom stereocenters. The van der Waals surface area contributed by atoms with E-state index in [0.717, 1.165) is 16.7 Å². The van der Waals surface area contributed by atoms with Gasteiger partial charge in [-0.05, 0) is 26.3 Å². The van der Waals surface area contributed by atoms with Gasteiger partial charge in [-0.25, -0.2) is 9.97 Å². The molecule has 0 spiro atoms. The van der Waals surface area contributed by atoms with Gasteiger partial charge in [0.2, 0.25) is 0 Å². The number of hydrogen-bond acceptors (Lipinski definition) is 5. The Bertz CT molecular complexity index is 984. The van der Waals surface area contributed by atoms with Crippen LogP contribution in [0.3, 0.4) is 0 Å². The molecular weight excluding hydrogens is 378 g/mol. The Morgan fingerprint density at radius 1 is 0.967 bits per heavy atom. The van der Waals surface area contributed by atoms with Gasteiger partial charge >= 0.3 is 5.97 Å². The number of aromatic nitrogens is 2. The first-order valence-corrected chi connectivity index (χ1v) is 9.86. The number of nitrogens with one attached hydrogen (secondary N) is 1. The van der Waals surface area contributed by atoms with Gasteiger partial charge in [0, 0.05) is 18.0 Å². The number of hydrogen-bond donors (Lipinski definition) is 1. The number of esters is 1. The highest BCUT2D eigenvalue weighted by atomic mass is 16.5. The first-order chi connectivity index (χ1) is 14.4. The Labute approximate surface area is 176 Å². The molecule has 6 heteroatoms. The lowest BCUT2D eigenvalue weighted by Gasteiger charge is -2.19. The smallest absolute Gasteiger partial charge is 0.308 e. The fraction of sp³-hybridized carbons (Fsp3) is 0.250. The SMILES string of the molecule is Cc1ccc(C(CC(=O)OC(C)C)NC(=O)c2cnc(-c3ccccc3)nc2)cc1. The van der Waals surface area contributed by atoms with E-state index < -0.39 is 6.04 Å². The molecule has 1 unspecified atom stereocenters. The second-order valence-electron chi connectivity index (χ2n) is 7.34. The van der Waals surface area contributed by atoms with E-state index in [2.05, 4.69) is 15.3 Å². The van der Waals surface area contributed by atoms with E-state index in [4.69, 9.17) is 4.74 Å². The van der Waals surface area contributed by atoms with E-state index in [9.17, 15) is 9.59 Å². The molecular formula is C24H25N3O3. The Morgan fingerprint density at radius 2 is 1.60 bits per heavy atom. The highest BCUT2D eigenvalue weighted by Gasteiger charge is 2.21. The van der Waals surface area contributed by atoms with Gasteiger partial charge in [0.25, 0.3) is 5.91 Å². The van der Waals surface area contributed by atoms with Gasteiger partial charge in [-0.15, -0.1) is 0 Å². The fourth-order valence-corrected chi connectivity index (χ4v) is 2.95. The van der Waals surface area contributed by atoms with Crippen LogP contribution in [0.25, 0.3) is 11.4 Å². The summed E-state index contributed by atoms with van der Waals surface area (Å²) in [7, 11) is 0. The predicted molar refractivity (Wildman–Crippen MR) is 115 cm³/mol. The topological polar surface area (TPSA) is 81.2 Å². The van der Waals surface area contributed by atoms with Crippen LogP contribution in [0.1, 0.15) is 47.8 Å². The van der Waals surface area contributed by atoms with Gasteiger partial charge in [0.05, 0.1) is 24.1 Å². The molecule has 0 saturated heterocycles. The third-order valence-electron chi connectivity index (χ3n) is 4.47. The molecule has 1 aromatic heterocycles. The van der Waals surface area contributed by atoms with Gasteiger partial charge in [-0.2, -0.15) is 0 Å². The number of rotatable bonds is 7. The average molecular weight is 403 g/mol. The van der Waals surface area contributed by atoms with Crippen molar-refractivity contribution in [3.05, 3.63) is 83.7 Å². The van der Waals surface area contributed by atoms with Crippen LogP contribution < -0.4 is 5.32 Å². The minimum absolute atomic E-state index is 0.0376. The number of nitrogens with zero attached hydrogens (tertiary/aromatic N) is 2. The Hall–Kier alpha value is -3.54. The molecule has 1 N–H and O–H groups in total. The van der Waals surface area contributed by atoms with Crippen molar-refractivity contribution in [2.45, 2.75) is 39.3 Å². The zero-order valence-electron chi connectivity index (χ0n) is 17.3. The van der Waals surface area contributed by atoms with Gasteiger partial charge in [-0.1, -0.05) is 60.2 Å². The van der Waals surface area contributed by atoms with Crippen LogP contribution in [0.15, 0.2) is 67.0 Å². The minimum atomic E-state index is -0.516. The van der Waals surface area contributed by atoms with Crippen molar-refractivity contribution in [1.82, 2.24) is 15.3 Å². The van der Waals surface area contributed by atoms with Crippen molar-refractivity contribution in [2.75, 3.05) is 0 Å². The van der Waals surface area contributed by atoms with E-state index in [1.54, 1.807) is 13.8 Å². The van der Waals surface area contributed by atoms with Crippen LogP contribution in [0.5, 0.6) is 0 Å². The van der Waals surface area contributed by atoms with E-state index >= 15 is 0 Å². The lowest BCUT2D eigenvalue weighted by Crippen LogP contribution is -2.31. The summed E-state index contributed by atoms with van der Waals surface area (Å²) in [4.78, 5) is 33.6. The molecule has 3 aromatic rings. The first kappa shape index (κ1) is 21.2. The van der Waals surface area contributed by atoms with Gasteiger partial charge in [0.15, 0.2) is 5.82 Å². The standard InChI is InChI=1S/C24H25N3O3/c1-16(2)30-22(28)13-21(18-11-9-17(3)10-12-18)27-24(29)20-14-25-23(26-15-20)19-7-5-4-6-8-19/h4-12,14-16,21H,13H2,1-3H3,(H,27,29). The second kappa shape index (κ2) is 9.78. The summed E-state index contributed by atoms with van der Waals surface area (Å²) in [6.07, 6.45) is 2.80. The van der Waals surface area contributed by atoms with Crippen molar-refractivity contribution in [3.8, 4) is 11.4 Å². The predicted octanol–water partition coefficient (Wildman–Crippen LogP) is 4.26. The molecule has 0 aliphatic heterocycles. The zero-order valence-corrected chi connectivity index (χ0v) is 17.3. The summed E-state index contributed by atoms with van der Waals surface area (Å²) in [5.41, 5.74) is 3.12. The van der Waals surface area contributed by atoms with Gasteiger partial charge in [-0.3, -0.25) is 9.59 Å².